The highest BCUT2D eigenvalue weighted by Crippen LogP contribution is 2.34. The molecule has 0 spiro atoms. The lowest BCUT2D eigenvalue weighted by Gasteiger charge is -2.32. The normalized spacial score (nSPS) is 17.2. The molecule has 4 aromatic rings. The van der Waals surface area contributed by atoms with Crippen molar-refractivity contribution in [1.82, 2.24) is 30.6 Å². The van der Waals surface area contributed by atoms with Crippen LogP contribution < -0.4 is 15.5 Å². The van der Waals surface area contributed by atoms with Crippen molar-refractivity contribution in [3.63, 3.8) is 0 Å². The summed E-state index contributed by atoms with van der Waals surface area (Å²) in [7, 11) is 0. The fourth-order valence-corrected chi connectivity index (χ4v) is 5.88. The average Bonchev–Trinajstić information content (AvgIpc) is 3.32. The molecule has 220 valence electrons. The molecule has 2 saturated heterocycles. The lowest BCUT2D eigenvalue weighted by Crippen LogP contribution is -2.38. The fraction of sp³-hybridized carbons (Fsp3) is 0.267. The van der Waals surface area contributed by atoms with E-state index in [2.05, 4.69) is 35.5 Å². The molecule has 1 aromatic carbocycles. The lowest BCUT2D eigenvalue weighted by molar-refractivity contribution is -0.137. The zero-order chi connectivity index (χ0) is 30.0. The molecule has 2 aliphatic heterocycles. The number of benzene rings is 1. The summed E-state index contributed by atoms with van der Waals surface area (Å²) in [4.78, 5) is 43.2. The molecule has 0 radical (unpaired) electrons. The van der Waals surface area contributed by atoms with Crippen LogP contribution in [0.1, 0.15) is 29.8 Å². The van der Waals surface area contributed by atoms with Crippen molar-refractivity contribution in [1.29, 1.82) is 0 Å². The molecular weight excluding hydrogens is 579 g/mol. The Kier molecular flexibility index (Phi) is 8.08. The summed E-state index contributed by atoms with van der Waals surface area (Å²) in [6.45, 7) is 2.26. The Balaban J connectivity index is 1.09. The second-order valence-electron chi connectivity index (χ2n) is 10.3. The molecule has 9 nitrogen and oxygen atoms in total. The van der Waals surface area contributed by atoms with Crippen LogP contribution in [0.25, 0.3) is 28.1 Å². The van der Waals surface area contributed by atoms with Gasteiger partial charge in [-0.3, -0.25) is 24.9 Å². The number of aromatic nitrogens is 4. The van der Waals surface area contributed by atoms with Gasteiger partial charge in [-0.25, -0.2) is 9.97 Å². The molecule has 6 rings (SSSR count). The van der Waals surface area contributed by atoms with Crippen LogP contribution in [0.4, 0.5) is 23.9 Å². The molecule has 2 fully saturated rings. The van der Waals surface area contributed by atoms with E-state index in [1.165, 1.54) is 0 Å². The summed E-state index contributed by atoms with van der Waals surface area (Å²) >= 11 is 0.836. The highest BCUT2D eigenvalue weighted by Gasteiger charge is 2.32. The van der Waals surface area contributed by atoms with E-state index < -0.39 is 22.9 Å². The molecule has 0 saturated carbocycles. The first-order valence-electron chi connectivity index (χ1n) is 13.7. The Morgan fingerprint density at radius 1 is 1.07 bits per heavy atom. The van der Waals surface area contributed by atoms with Crippen LogP contribution in [0.15, 0.2) is 66.0 Å². The number of piperidine rings is 1. The smallest absolute Gasteiger partial charge is 0.341 e. The third-order valence-electron chi connectivity index (χ3n) is 7.38. The molecule has 0 aliphatic carbocycles. The third-order valence-corrected chi connectivity index (χ3v) is 8.19. The van der Waals surface area contributed by atoms with E-state index in [1.807, 2.05) is 6.07 Å². The molecule has 13 heteroatoms. The number of pyridine rings is 2. The maximum absolute atomic E-state index is 13.8. The van der Waals surface area contributed by atoms with E-state index in [0.29, 0.717) is 48.5 Å². The minimum atomic E-state index is -4.50. The quantitative estimate of drug-likeness (QED) is 0.266. The Hall–Kier alpha value is -4.36. The van der Waals surface area contributed by atoms with Gasteiger partial charge in [-0.15, -0.1) is 0 Å². The molecule has 5 heterocycles. The largest absolute Gasteiger partial charge is 0.416 e. The number of rotatable bonds is 7. The predicted octanol–water partition coefficient (Wildman–Crippen LogP) is 5.44. The monoisotopic (exact) mass is 605 g/mol. The van der Waals surface area contributed by atoms with Crippen LogP contribution in [-0.4, -0.2) is 50.7 Å². The van der Waals surface area contributed by atoms with Crippen LogP contribution in [-0.2, 0) is 17.5 Å². The number of carbonyl (C=O) groups is 2. The van der Waals surface area contributed by atoms with Gasteiger partial charge in [0.25, 0.3) is 11.1 Å². The van der Waals surface area contributed by atoms with Crippen molar-refractivity contribution in [3.8, 4) is 11.3 Å². The molecular formula is C30H26F3N7O2S. The van der Waals surface area contributed by atoms with Crippen molar-refractivity contribution < 1.29 is 22.8 Å². The molecule has 2 N–H and O–H groups in total. The summed E-state index contributed by atoms with van der Waals surface area (Å²) in [6, 6.07) is 11.1. The topological polar surface area (TPSA) is 113 Å². The van der Waals surface area contributed by atoms with Gasteiger partial charge in [0.1, 0.15) is 0 Å². The minimum absolute atomic E-state index is 0.206. The standard InChI is InChI=1S/C30H26F3N7O2S/c31-30(32,33)20-12-22(37-25(13-20)24-3-1-2-19-16-34-8-5-23(19)24)17-35-15-18-6-10-40(11-7-18)28-36-9-4-21(38-28)14-26-27(41)39-29(42)43-26/h1-5,8-9,12-14,16,18,35H,6-7,10-11,15,17H2,(H,39,41,42)/b26-14-. The van der Waals surface area contributed by atoms with Gasteiger partial charge >= 0.3 is 6.18 Å². The minimum Gasteiger partial charge on any atom is -0.341 e. The summed E-state index contributed by atoms with van der Waals surface area (Å²) < 4.78 is 41.5. The van der Waals surface area contributed by atoms with Gasteiger partial charge in [0, 0.05) is 49.2 Å². The number of thioether (sulfide) groups is 1. The lowest BCUT2D eigenvalue weighted by atomic mass is 9.97. The number of amides is 2. The molecule has 0 unspecified atom stereocenters. The van der Waals surface area contributed by atoms with Crippen molar-refractivity contribution in [2.24, 2.45) is 5.92 Å². The van der Waals surface area contributed by atoms with Crippen molar-refractivity contribution in [3.05, 3.63) is 82.9 Å². The van der Waals surface area contributed by atoms with Crippen LogP contribution in [0, 0.1) is 5.92 Å². The third kappa shape index (κ3) is 6.67. The summed E-state index contributed by atoms with van der Waals surface area (Å²) in [5, 5.41) is 6.75. The number of anilines is 1. The van der Waals surface area contributed by atoms with E-state index in [0.717, 1.165) is 47.5 Å². The van der Waals surface area contributed by atoms with Gasteiger partial charge in [0.05, 0.1) is 27.6 Å². The summed E-state index contributed by atoms with van der Waals surface area (Å²) in [5.74, 6) is 0.425. The molecule has 2 aliphatic rings. The number of imide groups is 1. The number of halogens is 3. The van der Waals surface area contributed by atoms with Gasteiger partial charge in [0.15, 0.2) is 0 Å². The summed E-state index contributed by atoms with van der Waals surface area (Å²) in [6.07, 6.45) is 3.68. The first-order valence-corrected chi connectivity index (χ1v) is 14.5. The van der Waals surface area contributed by atoms with E-state index in [4.69, 9.17) is 0 Å². The maximum atomic E-state index is 13.8. The first kappa shape index (κ1) is 28.7. The zero-order valence-corrected chi connectivity index (χ0v) is 23.6. The molecule has 2 amide bonds. The highest BCUT2D eigenvalue weighted by atomic mass is 32.2. The van der Waals surface area contributed by atoms with Crippen LogP contribution in [0.3, 0.4) is 0 Å². The van der Waals surface area contributed by atoms with E-state index in [9.17, 15) is 22.8 Å². The van der Waals surface area contributed by atoms with Crippen LogP contribution in [0.2, 0.25) is 0 Å². The van der Waals surface area contributed by atoms with Crippen LogP contribution in [0.5, 0.6) is 0 Å². The van der Waals surface area contributed by atoms with E-state index >= 15 is 0 Å². The predicted molar refractivity (Wildman–Crippen MR) is 158 cm³/mol. The number of carbonyl (C=O) groups excluding carboxylic acids is 2. The zero-order valence-electron chi connectivity index (χ0n) is 22.8. The van der Waals surface area contributed by atoms with Gasteiger partial charge in [-0.2, -0.15) is 13.2 Å². The first-order chi connectivity index (χ1) is 20.7. The molecule has 43 heavy (non-hydrogen) atoms. The van der Waals surface area contributed by atoms with Crippen molar-refractivity contribution in [2.75, 3.05) is 24.5 Å². The van der Waals surface area contributed by atoms with Gasteiger partial charge in [-0.05, 0) is 72.8 Å². The fourth-order valence-electron chi connectivity index (χ4n) is 5.22. The Morgan fingerprint density at radius 3 is 2.67 bits per heavy atom. The van der Waals surface area contributed by atoms with Gasteiger partial charge in [-0.1, -0.05) is 18.2 Å². The highest BCUT2D eigenvalue weighted by molar-refractivity contribution is 8.18. The number of hydrogen-bond acceptors (Lipinski definition) is 9. The second kappa shape index (κ2) is 12.1. The second-order valence-corrected chi connectivity index (χ2v) is 11.3. The van der Waals surface area contributed by atoms with Crippen molar-refractivity contribution in [2.45, 2.75) is 25.6 Å². The number of nitrogens with zero attached hydrogens (tertiary/aromatic N) is 5. The number of hydrogen-bond donors (Lipinski definition) is 2. The van der Waals surface area contributed by atoms with Gasteiger partial charge in [0.2, 0.25) is 5.95 Å². The molecule has 3 aromatic heterocycles. The number of fused-ring (bicyclic) bond motifs is 1. The average molecular weight is 606 g/mol. The Labute approximate surface area is 249 Å². The number of alkyl halides is 3. The van der Waals surface area contributed by atoms with Crippen molar-refractivity contribution >= 4 is 45.7 Å². The Morgan fingerprint density at radius 2 is 1.91 bits per heavy atom. The molecule has 0 atom stereocenters. The summed E-state index contributed by atoms with van der Waals surface area (Å²) in [5.41, 5.74) is 1.03. The van der Waals surface area contributed by atoms with E-state index in [-0.39, 0.29) is 17.1 Å². The SMILES string of the molecule is O=C1NC(=O)/C(=C/c2ccnc(N3CCC(CNCc4cc(C(F)(F)F)cc(-c5cccc6cnccc56)n4)CC3)n2)S1. The van der Waals surface area contributed by atoms with Gasteiger partial charge < -0.3 is 10.2 Å². The number of nitrogens with one attached hydrogen (secondary N) is 2. The Bertz CT molecular complexity index is 1720. The molecule has 0 bridgehead atoms. The van der Waals surface area contributed by atoms with E-state index in [1.54, 1.807) is 48.9 Å². The maximum Gasteiger partial charge on any atom is 0.416 e. The van der Waals surface area contributed by atoms with Crippen LogP contribution >= 0.6 is 11.8 Å².